The van der Waals surface area contributed by atoms with E-state index in [2.05, 4.69) is 66.3 Å². The average Bonchev–Trinajstić information content (AvgIpc) is 3.11. The van der Waals surface area contributed by atoms with Crippen molar-refractivity contribution in [3.8, 4) is 0 Å². The highest BCUT2D eigenvalue weighted by Gasteiger charge is 2.35. The van der Waals surface area contributed by atoms with E-state index in [-0.39, 0.29) is 25.4 Å². The fourth-order valence-corrected chi connectivity index (χ4v) is 7.25. The molecule has 0 aromatic carbocycles. The minimum atomic E-state index is -0.0442. The topological polar surface area (TPSA) is 58.9 Å². The van der Waals surface area contributed by atoms with Gasteiger partial charge in [0.1, 0.15) is 38.4 Å². The number of hydrogen-bond donors (Lipinski definition) is 2. The third kappa shape index (κ3) is 36.6. The van der Waals surface area contributed by atoms with Crippen LogP contribution in [0, 0.1) is 0 Å². The smallest absolute Gasteiger partial charge is 0.138 e. The molecule has 0 aliphatic carbocycles. The van der Waals surface area contributed by atoms with E-state index in [9.17, 15) is 10.2 Å². The molecule has 0 aromatic rings. The predicted molar refractivity (Wildman–Crippen MR) is 232 cm³/mol. The van der Waals surface area contributed by atoms with Gasteiger partial charge in [0.15, 0.2) is 0 Å². The monoisotopic (exact) mass is 753 g/mol. The van der Waals surface area contributed by atoms with Crippen LogP contribution in [0.2, 0.25) is 0 Å². The number of ether oxygens (including phenoxy) is 2. The molecule has 0 spiro atoms. The molecule has 2 N–H and O–H groups in total. The Labute approximate surface area is 332 Å². The quantitative estimate of drug-likeness (QED) is 0.0370. The summed E-state index contributed by atoms with van der Waals surface area (Å²) in [6.45, 7) is 9.42. The van der Waals surface area contributed by atoms with Crippen molar-refractivity contribution in [2.75, 3.05) is 80.8 Å². The standard InChI is InChI=1S/C47H96N2O4/c1-7-9-11-13-15-17-19-21-23-25-27-29-31-33-35-37-43-53-47(45-49(5,6)39-41-51)46(44-48(3,4)38-40-50)52-42-36-34-32-30-28-26-24-22-20-18-16-14-12-10-8-2/h22-25,46-47,50-51H,7-21,26-45H2,1-6H3/q+2/b24-22-,25-23-. The van der Waals surface area contributed by atoms with Crippen molar-refractivity contribution < 1.29 is 28.7 Å². The number of allylic oxidation sites excluding steroid dienone is 4. The van der Waals surface area contributed by atoms with Gasteiger partial charge in [-0.25, -0.2) is 0 Å². The number of aliphatic hydroxyl groups excluding tert-OH is 2. The highest BCUT2D eigenvalue weighted by atomic mass is 16.5. The average molecular weight is 753 g/mol. The Morgan fingerprint density at radius 2 is 0.660 bits per heavy atom. The zero-order valence-electron chi connectivity index (χ0n) is 36.8. The zero-order valence-corrected chi connectivity index (χ0v) is 36.8. The van der Waals surface area contributed by atoms with Crippen molar-refractivity contribution in [3.05, 3.63) is 24.3 Å². The summed E-state index contributed by atoms with van der Waals surface area (Å²) >= 11 is 0. The van der Waals surface area contributed by atoms with E-state index in [0.29, 0.717) is 22.1 Å². The lowest BCUT2D eigenvalue weighted by atomic mass is 10.1. The first-order valence-corrected chi connectivity index (χ1v) is 23.1. The molecule has 316 valence electrons. The van der Waals surface area contributed by atoms with Gasteiger partial charge in [0, 0.05) is 13.2 Å². The van der Waals surface area contributed by atoms with Gasteiger partial charge in [-0.15, -0.1) is 0 Å². The Hall–Kier alpha value is -0.760. The predicted octanol–water partition coefficient (Wildman–Crippen LogP) is 11.6. The molecule has 2 atom stereocenters. The van der Waals surface area contributed by atoms with Crippen LogP contribution in [0.4, 0.5) is 0 Å². The van der Waals surface area contributed by atoms with Gasteiger partial charge in [-0.1, -0.05) is 147 Å². The molecule has 0 aliphatic rings. The Bertz CT molecular complexity index is 799. The van der Waals surface area contributed by atoms with Crippen LogP contribution in [-0.4, -0.2) is 112 Å². The maximum Gasteiger partial charge on any atom is 0.138 e. The van der Waals surface area contributed by atoms with Gasteiger partial charge in [-0.2, -0.15) is 0 Å². The molecule has 0 saturated heterocycles. The van der Waals surface area contributed by atoms with Gasteiger partial charge in [-0.05, 0) is 64.2 Å². The zero-order chi connectivity index (χ0) is 39.1. The van der Waals surface area contributed by atoms with Crippen molar-refractivity contribution in [2.45, 2.75) is 199 Å². The second-order valence-electron chi connectivity index (χ2n) is 17.5. The molecule has 0 radical (unpaired) electrons. The van der Waals surface area contributed by atoms with Crippen molar-refractivity contribution >= 4 is 0 Å². The first kappa shape index (κ1) is 52.2. The number of hydrogen-bond acceptors (Lipinski definition) is 4. The van der Waals surface area contributed by atoms with Gasteiger partial charge in [0.05, 0.1) is 41.4 Å². The summed E-state index contributed by atoms with van der Waals surface area (Å²) in [5.41, 5.74) is 0. The Morgan fingerprint density at radius 3 is 0.943 bits per heavy atom. The van der Waals surface area contributed by atoms with Crippen LogP contribution < -0.4 is 0 Å². The highest BCUT2D eigenvalue weighted by molar-refractivity contribution is 4.82. The van der Waals surface area contributed by atoms with E-state index in [1.54, 1.807) is 0 Å². The van der Waals surface area contributed by atoms with Gasteiger partial charge in [0.25, 0.3) is 0 Å². The maximum atomic E-state index is 9.77. The first-order valence-electron chi connectivity index (χ1n) is 23.1. The van der Waals surface area contributed by atoms with Crippen molar-refractivity contribution in [1.29, 1.82) is 0 Å². The molecule has 0 aromatic heterocycles. The molecule has 6 heteroatoms. The van der Waals surface area contributed by atoms with Crippen LogP contribution in [0.15, 0.2) is 24.3 Å². The number of likely N-dealkylation sites (N-methyl/N-ethyl adjacent to an activating group) is 2. The van der Waals surface area contributed by atoms with E-state index in [4.69, 9.17) is 9.47 Å². The van der Waals surface area contributed by atoms with Crippen LogP contribution in [0.25, 0.3) is 0 Å². The summed E-state index contributed by atoms with van der Waals surface area (Å²) in [6, 6.07) is 0. The molecule has 0 bridgehead atoms. The van der Waals surface area contributed by atoms with E-state index in [0.717, 1.165) is 39.1 Å². The van der Waals surface area contributed by atoms with Crippen LogP contribution in [0.5, 0.6) is 0 Å². The number of unbranched alkanes of at least 4 members (excludes halogenated alkanes) is 23. The lowest BCUT2D eigenvalue weighted by molar-refractivity contribution is -0.902. The summed E-state index contributed by atoms with van der Waals surface area (Å²) < 4.78 is 14.8. The number of rotatable bonds is 42. The molecule has 0 rings (SSSR count). The third-order valence-corrected chi connectivity index (χ3v) is 10.9. The Kier molecular flexibility index (Phi) is 37.6. The molecule has 53 heavy (non-hydrogen) atoms. The minimum Gasteiger partial charge on any atom is -0.391 e. The SMILES string of the molecule is CCCCCCCC/C=C\CCCCCCCOC(C[N+](C)(C)CCO)C(C[N+](C)(C)CCO)OCCCCCCC/C=C\CCCCCCCCC. The summed E-state index contributed by atoms with van der Waals surface area (Å²) in [5.74, 6) is 0. The molecular weight excluding hydrogens is 657 g/mol. The van der Waals surface area contributed by atoms with Crippen molar-refractivity contribution in [3.63, 3.8) is 0 Å². The highest BCUT2D eigenvalue weighted by Crippen LogP contribution is 2.18. The third-order valence-electron chi connectivity index (χ3n) is 10.9. The number of nitrogens with zero attached hydrogens (tertiary/aromatic N) is 2. The van der Waals surface area contributed by atoms with Crippen LogP contribution in [0.3, 0.4) is 0 Å². The first-order chi connectivity index (χ1) is 25.7. The van der Waals surface area contributed by atoms with Gasteiger partial charge >= 0.3 is 0 Å². The van der Waals surface area contributed by atoms with Crippen molar-refractivity contribution in [1.82, 2.24) is 0 Å². The summed E-state index contributed by atoms with van der Waals surface area (Å²) in [4.78, 5) is 0. The van der Waals surface area contributed by atoms with E-state index < -0.39 is 0 Å². The lowest BCUT2D eigenvalue weighted by Gasteiger charge is -2.39. The molecule has 0 aliphatic heterocycles. The van der Waals surface area contributed by atoms with Crippen LogP contribution in [0.1, 0.15) is 187 Å². The minimum absolute atomic E-state index is 0.0442. The maximum absolute atomic E-state index is 9.77. The second-order valence-corrected chi connectivity index (χ2v) is 17.5. The lowest BCUT2D eigenvalue weighted by Crippen LogP contribution is -2.56. The molecule has 2 unspecified atom stereocenters. The summed E-state index contributed by atoms with van der Waals surface area (Å²) in [5, 5.41) is 19.5. The molecule has 0 saturated carbocycles. The molecule has 0 heterocycles. The number of aliphatic hydroxyl groups is 2. The van der Waals surface area contributed by atoms with Gasteiger partial charge in [0.2, 0.25) is 0 Å². The van der Waals surface area contributed by atoms with E-state index >= 15 is 0 Å². The molecule has 6 nitrogen and oxygen atoms in total. The summed E-state index contributed by atoms with van der Waals surface area (Å²) in [7, 11) is 8.74. The van der Waals surface area contributed by atoms with Gasteiger partial charge < -0.3 is 28.7 Å². The fourth-order valence-electron chi connectivity index (χ4n) is 7.25. The fraction of sp³-hybridized carbons (Fsp3) is 0.915. The van der Waals surface area contributed by atoms with Crippen LogP contribution in [-0.2, 0) is 9.47 Å². The van der Waals surface area contributed by atoms with Crippen molar-refractivity contribution in [2.24, 2.45) is 0 Å². The van der Waals surface area contributed by atoms with E-state index in [1.807, 2.05) is 0 Å². The van der Waals surface area contributed by atoms with Crippen LogP contribution >= 0.6 is 0 Å². The summed E-state index contributed by atoms with van der Waals surface area (Å²) in [6.07, 6.45) is 44.7. The molecular formula is C47H96N2O4+2. The molecule has 0 fully saturated rings. The molecule has 0 amide bonds. The number of quaternary nitrogens is 2. The van der Waals surface area contributed by atoms with Gasteiger partial charge in [-0.3, -0.25) is 0 Å². The van der Waals surface area contributed by atoms with E-state index in [1.165, 1.54) is 161 Å². The largest absolute Gasteiger partial charge is 0.391 e. The second kappa shape index (κ2) is 38.1. The Balaban J connectivity index is 4.62. The Morgan fingerprint density at radius 1 is 0.396 bits per heavy atom. The normalized spacial score (nSPS) is 13.9.